The number of hydrogen-bond donors (Lipinski definition) is 4. The Kier molecular flexibility index (Phi) is 8.03. The van der Waals surface area contributed by atoms with Crippen molar-refractivity contribution in [1.29, 1.82) is 0 Å². The van der Waals surface area contributed by atoms with Gasteiger partial charge in [-0.1, -0.05) is 32.9 Å². The van der Waals surface area contributed by atoms with Crippen LogP contribution in [0.2, 0.25) is 0 Å². The predicted molar refractivity (Wildman–Crippen MR) is 147 cm³/mol. The first-order valence-corrected chi connectivity index (χ1v) is 12.1. The van der Waals surface area contributed by atoms with Gasteiger partial charge in [-0.25, -0.2) is 9.48 Å². The van der Waals surface area contributed by atoms with E-state index in [9.17, 15) is 9.59 Å². The van der Waals surface area contributed by atoms with Crippen molar-refractivity contribution >= 4 is 23.4 Å². The molecule has 0 atom stereocenters. The Balaban J connectivity index is 1.45. The first kappa shape index (κ1) is 26.4. The molecule has 0 saturated heterocycles. The van der Waals surface area contributed by atoms with E-state index in [-0.39, 0.29) is 12.0 Å². The summed E-state index contributed by atoms with van der Waals surface area (Å²) in [4.78, 5) is 27.8. The number of carbonyl (C=O) groups is 2. The molecule has 196 valence electrons. The van der Waals surface area contributed by atoms with Crippen LogP contribution in [-0.2, 0) is 16.8 Å². The topological polar surface area (TPSA) is 136 Å². The van der Waals surface area contributed by atoms with Crippen molar-refractivity contribution in [2.75, 3.05) is 17.2 Å². The summed E-state index contributed by atoms with van der Waals surface area (Å²) in [5.41, 5.74) is 8.16. The lowest BCUT2D eigenvalue weighted by Crippen LogP contribution is -2.28. The molecule has 0 radical (unpaired) electrons. The molecule has 0 aliphatic heterocycles. The third kappa shape index (κ3) is 7.17. The smallest absolute Gasteiger partial charge is 0.324 e. The van der Waals surface area contributed by atoms with Crippen LogP contribution in [0.25, 0.3) is 5.69 Å². The fourth-order valence-corrected chi connectivity index (χ4v) is 3.55. The average Bonchev–Trinajstić information content (AvgIpc) is 3.30. The Morgan fingerprint density at radius 2 is 1.71 bits per heavy atom. The highest BCUT2D eigenvalue weighted by Gasteiger charge is 2.21. The Morgan fingerprint density at radius 3 is 2.34 bits per heavy atom. The second kappa shape index (κ2) is 11.6. The van der Waals surface area contributed by atoms with Crippen LogP contribution in [-0.4, -0.2) is 33.2 Å². The summed E-state index contributed by atoms with van der Waals surface area (Å²) in [6, 6.07) is 19.8. The summed E-state index contributed by atoms with van der Waals surface area (Å²) in [7, 11) is 0. The van der Waals surface area contributed by atoms with Gasteiger partial charge in [-0.3, -0.25) is 15.1 Å². The molecular formula is C28H31N7O3. The Labute approximate surface area is 221 Å². The molecule has 4 rings (SSSR count). The fraction of sp³-hybridized carbons (Fsp3) is 0.214. The molecule has 2 aromatic heterocycles. The van der Waals surface area contributed by atoms with Gasteiger partial charge < -0.3 is 21.1 Å². The highest BCUT2D eigenvalue weighted by atomic mass is 16.5. The van der Waals surface area contributed by atoms with Crippen molar-refractivity contribution in [3.8, 4) is 17.2 Å². The Bertz CT molecular complexity index is 1380. The number of nitrogens with two attached hydrogens (primary N) is 1. The minimum Gasteiger partial charge on any atom is -0.456 e. The number of ether oxygens (including phenoxy) is 1. The van der Waals surface area contributed by atoms with E-state index in [2.05, 4.69) is 41.7 Å². The van der Waals surface area contributed by atoms with Gasteiger partial charge in [-0.2, -0.15) is 5.10 Å². The molecule has 0 fully saturated rings. The number of aromatic nitrogens is 3. The minimum atomic E-state index is -0.407. The molecule has 3 amide bonds. The van der Waals surface area contributed by atoms with Crippen LogP contribution in [0.15, 0.2) is 79.1 Å². The molecule has 0 aliphatic rings. The molecule has 0 saturated carbocycles. The van der Waals surface area contributed by atoms with Crippen molar-refractivity contribution in [3.05, 3.63) is 90.4 Å². The monoisotopic (exact) mass is 513 g/mol. The molecule has 2 heterocycles. The van der Waals surface area contributed by atoms with Crippen LogP contribution in [0, 0.1) is 0 Å². The van der Waals surface area contributed by atoms with Crippen LogP contribution >= 0.6 is 0 Å². The summed E-state index contributed by atoms with van der Waals surface area (Å²) >= 11 is 0. The first-order chi connectivity index (χ1) is 18.2. The summed E-state index contributed by atoms with van der Waals surface area (Å²) in [6.07, 6.45) is 3.30. The van der Waals surface area contributed by atoms with Gasteiger partial charge in [0.2, 0.25) is 5.91 Å². The lowest BCUT2D eigenvalue weighted by molar-refractivity contribution is -0.117. The predicted octanol–water partition coefficient (Wildman–Crippen LogP) is 4.58. The number of anilines is 2. The maximum absolute atomic E-state index is 12.9. The van der Waals surface area contributed by atoms with Crippen molar-refractivity contribution < 1.29 is 14.3 Å². The van der Waals surface area contributed by atoms with Crippen LogP contribution < -0.4 is 26.4 Å². The standard InChI is InChI=1S/C28H31N7O3/c1-28(2,3)24-15-26(35(34-24)21-10-6-19(7-11-21)16-31-18-25(29)36)33-27(37)32-20-8-12-22(13-9-20)38-23-5-4-14-30-17-23/h4-15,17,31H,16,18H2,1-3H3,(H2,29,36)(H2,32,33,37). The number of benzene rings is 2. The van der Waals surface area contributed by atoms with E-state index in [0.29, 0.717) is 29.5 Å². The largest absolute Gasteiger partial charge is 0.456 e. The Morgan fingerprint density at radius 1 is 0.974 bits per heavy atom. The molecule has 10 nitrogen and oxygen atoms in total. The molecule has 0 bridgehead atoms. The van der Waals surface area contributed by atoms with E-state index >= 15 is 0 Å². The van der Waals surface area contributed by atoms with Gasteiger partial charge in [0.1, 0.15) is 17.3 Å². The van der Waals surface area contributed by atoms with Crippen LogP contribution in [0.5, 0.6) is 11.5 Å². The van der Waals surface area contributed by atoms with Crippen molar-refractivity contribution in [2.24, 2.45) is 5.73 Å². The molecule has 4 aromatic rings. The van der Waals surface area contributed by atoms with Crippen molar-refractivity contribution in [2.45, 2.75) is 32.7 Å². The van der Waals surface area contributed by atoms with Crippen molar-refractivity contribution in [1.82, 2.24) is 20.1 Å². The summed E-state index contributed by atoms with van der Waals surface area (Å²) < 4.78 is 7.45. The normalized spacial score (nSPS) is 11.1. The van der Waals surface area contributed by atoms with Gasteiger partial charge in [-0.05, 0) is 54.1 Å². The lowest BCUT2D eigenvalue weighted by Gasteiger charge is -2.14. The van der Waals surface area contributed by atoms with Gasteiger partial charge in [0.15, 0.2) is 0 Å². The van der Waals surface area contributed by atoms with E-state index in [1.54, 1.807) is 47.4 Å². The quantitative estimate of drug-likeness (QED) is 0.259. The second-order valence-electron chi connectivity index (χ2n) is 9.71. The molecule has 0 unspecified atom stereocenters. The summed E-state index contributed by atoms with van der Waals surface area (Å²) in [6.45, 7) is 6.80. The highest BCUT2D eigenvalue weighted by molar-refractivity contribution is 5.99. The molecule has 38 heavy (non-hydrogen) atoms. The molecule has 10 heteroatoms. The SMILES string of the molecule is CC(C)(C)c1cc(NC(=O)Nc2ccc(Oc3cccnc3)cc2)n(-c2ccc(CNCC(N)=O)cc2)n1. The highest BCUT2D eigenvalue weighted by Crippen LogP contribution is 2.27. The first-order valence-electron chi connectivity index (χ1n) is 12.1. The number of primary amides is 1. The fourth-order valence-electron chi connectivity index (χ4n) is 3.55. The molecule has 0 aliphatic carbocycles. The number of hydrogen-bond acceptors (Lipinski definition) is 6. The maximum Gasteiger partial charge on any atom is 0.324 e. The summed E-state index contributed by atoms with van der Waals surface area (Å²) in [5, 5.41) is 13.5. The van der Waals surface area contributed by atoms with Gasteiger partial charge in [-0.15, -0.1) is 0 Å². The van der Waals surface area contributed by atoms with E-state index in [1.165, 1.54) is 0 Å². The number of nitrogens with one attached hydrogen (secondary N) is 3. The van der Waals surface area contributed by atoms with E-state index in [1.807, 2.05) is 36.4 Å². The number of nitrogens with zero attached hydrogens (tertiary/aromatic N) is 3. The Hall–Kier alpha value is -4.70. The second-order valence-corrected chi connectivity index (χ2v) is 9.71. The number of rotatable bonds is 9. The van der Waals surface area contributed by atoms with Crippen LogP contribution in [0.4, 0.5) is 16.3 Å². The van der Waals surface area contributed by atoms with Crippen LogP contribution in [0.1, 0.15) is 32.0 Å². The van der Waals surface area contributed by atoms with E-state index in [4.69, 9.17) is 15.6 Å². The maximum atomic E-state index is 12.9. The molecule has 2 aromatic carbocycles. The average molecular weight is 514 g/mol. The third-order valence-electron chi connectivity index (χ3n) is 5.51. The number of pyridine rings is 1. The van der Waals surface area contributed by atoms with E-state index < -0.39 is 11.9 Å². The van der Waals surface area contributed by atoms with Crippen molar-refractivity contribution in [3.63, 3.8) is 0 Å². The summed E-state index contributed by atoms with van der Waals surface area (Å²) in [5.74, 6) is 1.38. The van der Waals surface area contributed by atoms with Gasteiger partial charge >= 0.3 is 6.03 Å². The van der Waals surface area contributed by atoms with Gasteiger partial charge in [0.05, 0.1) is 24.1 Å². The van der Waals surface area contributed by atoms with Gasteiger partial charge in [0, 0.05) is 29.9 Å². The number of urea groups is 1. The zero-order valence-electron chi connectivity index (χ0n) is 21.6. The zero-order valence-corrected chi connectivity index (χ0v) is 21.6. The minimum absolute atomic E-state index is 0.110. The van der Waals surface area contributed by atoms with E-state index in [0.717, 1.165) is 16.9 Å². The zero-order chi connectivity index (χ0) is 27.1. The molecular weight excluding hydrogens is 482 g/mol. The lowest BCUT2D eigenvalue weighted by atomic mass is 9.92. The van der Waals surface area contributed by atoms with Crippen LogP contribution in [0.3, 0.4) is 0 Å². The molecule has 0 spiro atoms. The number of amides is 3. The number of carbonyl (C=O) groups excluding carboxylic acids is 2. The molecule has 5 N–H and O–H groups in total. The third-order valence-corrected chi connectivity index (χ3v) is 5.51. The van der Waals surface area contributed by atoms with Gasteiger partial charge in [0.25, 0.3) is 0 Å².